The maximum atomic E-state index is 5.95. The zero-order valence-corrected chi connectivity index (χ0v) is 8.21. The van der Waals surface area contributed by atoms with Gasteiger partial charge < -0.3 is 16.2 Å². The summed E-state index contributed by atoms with van der Waals surface area (Å²) in [5.41, 5.74) is 11.5. The SMILES string of the molecule is C[C@H]1OC(C(C)(C)N)CCC1N. The third kappa shape index (κ3) is 2.19. The monoisotopic (exact) mass is 172 g/mol. The summed E-state index contributed by atoms with van der Waals surface area (Å²) in [5.74, 6) is 0. The summed E-state index contributed by atoms with van der Waals surface area (Å²) in [6.07, 6.45) is 2.31. The Labute approximate surface area is 74.4 Å². The van der Waals surface area contributed by atoms with Gasteiger partial charge in [-0.05, 0) is 33.6 Å². The van der Waals surface area contributed by atoms with Crippen molar-refractivity contribution in [2.24, 2.45) is 11.5 Å². The van der Waals surface area contributed by atoms with E-state index in [9.17, 15) is 0 Å². The highest BCUT2D eigenvalue weighted by atomic mass is 16.5. The lowest BCUT2D eigenvalue weighted by atomic mass is 9.89. The van der Waals surface area contributed by atoms with E-state index in [0.717, 1.165) is 12.8 Å². The molecule has 0 amide bonds. The van der Waals surface area contributed by atoms with Gasteiger partial charge in [-0.15, -0.1) is 0 Å². The molecule has 0 aliphatic carbocycles. The molecule has 0 radical (unpaired) electrons. The van der Waals surface area contributed by atoms with Crippen LogP contribution in [0.2, 0.25) is 0 Å². The lowest BCUT2D eigenvalue weighted by Gasteiger charge is -2.39. The van der Waals surface area contributed by atoms with Gasteiger partial charge in [-0.25, -0.2) is 0 Å². The second-order valence-corrected chi connectivity index (χ2v) is 4.39. The maximum absolute atomic E-state index is 5.95. The van der Waals surface area contributed by atoms with Gasteiger partial charge in [-0.3, -0.25) is 0 Å². The van der Waals surface area contributed by atoms with Crippen molar-refractivity contribution >= 4 is 0 Å². The molecule has 12 heavy (non-hydrogen) atoms. The summed E-state index contributed by atoms with van der Waals surface area (Å²) in [6, 6.07) is 0.184. The van der Waals surface area contributed by atoms with Crippen LogP contribution < -0.4 is 11.5 Å². The van der Waals surface area contributed by atoms with Crippen LogP contribution in [-0.2, 0) is 4.74 Å². The van der Waals surface area contributed by atoms with Crippen molar-refractivity contribution in [1.29, 1.82) is 0 Å². The lowest BCUT2D eigenvalue weighted by molar-refractivity contribution is -0.0792. The molecule has 1 aliphatic heterocycles. The smallest absolute Gasteiger partial charge is 0.0754 e. The highest BCUT2D eigenvalue weighted by Crippen LogP contribution is 2.24. The van der Waals surface area contributed by atoms with Crippen LogP contribution >= 0.6 is 0 Å². The molecule has 3 heteroatoms. The van der Waals surface area contributed by atoms with Gasteiger partial charge in [0.25, 0.3) is 0 Å². The minimum absolute atomic E-state index is 0.145. The van der Waals surface area contributed by atoms with E-state index in [4.69, 9.17) is 16.2 Å². The standard InChI is InChI=1S/C9H20N2O/c1-6-7(10)4-5-8(12-6)9(2,3)11/h6-8H,4-5,10-11H2,1-3H3/t6-,7?,8?/m1/s1. The van der Waals surface area contributed by atoms with E-state index >= 15 is 0 Å². The van der Waals surface area contributed by atoms with E-state index in [1.165, 1.54) is 0 Å². The molecule has 1 aliphatic rings. The Morgan fingerprint density at radius 3 is 2.33 bits per heavy atom. The molecule has 1 fully saturated rings. The molecular weight excluding hydrogens is 152 g/mol. The average molecular weight is 172 g/mol. The van der Waals surface area contributed by atoms with Crippen molar-refractivity contribution in [3.63, 3.8) is 0 Å². The minimum atomic E-state index is -0.242. The molecule has 2 unspecified atom stereocenters. The van der Waals surface area contributed by atoms with Crippen LogP contribution in [0, 0.1) is 0 Å². The van der Waals surface area contributed by atoms with Crippen molar-refractivity contribution in [3.8, 4) is 0 Å². The van der Waals surface area contributed by atoms with Gasteiger partial charge in [-0.1, -0.05) is 0 Å². The summed E-state index contributed by atoms with van der Waals surface area (Å²) < 4.78 is 5.71. The van der Waals surface area contributed by atoms with Gasteiger partial charge in [0.05, 0.1) is 12.2 Å². The molecule has 0 aromatic carbocycles. The Balaban J connectivity index is 2.51. The van der Waals surface area contributed by atoms with Crippen LogP contribution in [0.3, 0.4) is 0 Å². The van der Waals surface area contributed by atoms with Gasteiger partial charge in [-0.2, -0.15) is 0 Å². The summed E-state index contributed by atoms with van der Waals surface area (Å²) in [6.45, 7) is 6.02. The first-order valence-electron chi connectivity index (χ1n) is 4.61. The van der Waals surface area contributed by atoms with Crippen molar-refractivity contribution in [1.82, 2.24) is 0 Å². The van der Waals surface area contributed by atoms with E-state index < -0.39 is 0 Å². The van der Waals surface area contributed by atoms with Crippen LogP contribution in [0.15, 0.2) is 0 Å². The average Bonchev–Trinajstić information content (AvgIpc) is 1.92. The summed E-state index contributed by atoms with van der Waals surface area (Å²) in [7, 11) is 0. The fourth-order valence-electron chi connectivity index (χ4n) is 1.55. The minimum Gasteiger partial charge on any atom is -0.372 e. The largest absolute Gasteiger partial charge is 0.372 e. The first kappa shape index (κ1) is 9.96. The van der Waals surface area contributed by atoms with Crippen molar-refractivity contribution in [2.45, 2.75) is 57.4 Å². The van der Waals surface area contributed by atoms with E-state index in [2.05, 4.69) is 0 Å². The molecule has 0 saturated carbocycles. The highest BCUT2D eigenvalue weighted by Gasteiger charge is 2.33. The summed E-state index contributed by atoms with van der Waals surface area (Å²) in [5, 5.41) is 0. The van der Waals surface area contributed by atoms with Crippen LogP contribution in [0.4, 0.5) is 0 Å². The first-order valence-corrected chi connectivity index (χ1v) is 4.61. The zero-order chi connectivity index (χ0) is 9.35. The fraction of sp³-hybridized carbons (Fsp3) is 1.00. The Kier molecular flexibility index (Phi) is 2.76. The predicted molar refractivity (Wildman–Crippen MR) is 49.8 cm³/mol. The molecule has 3 nitrogen and oxygen atoms in total. The third-order valence-electron chi connectivity index (χ3n) is 2.57. The van der Waals surface area contributed by atoms with Crippen LogP contribution in [-0.4, -0.2) is 23.8 Å². The van der Waals surface area contributed by atoms with Crippen LogP contribution in [0.5, 0.6) is 0 Å². The molecule has 0 spiro atoms. The van der Waals surface area contributed by atoms with Gasteiger partial charge in [0.15, 0.2) is 0 Å². The quantitative estimate of drug-likeness (QED) is 0.609. The molecule has 0 aromatic heterocycles. The van der Waals surface area contributed by atoms with E-state index in [1.807, 2.05) is 20.8 Å². The second-order valence-electron chi connectivity index (χ2n) is 4.39. The van der Waals surface area contributed by atoms with Gasteiger partial charge in [0.1, 0.15) is 0 Å². The van der Waals surface area contributed by atoms with E-state index in [0.29, 0.717) is 0 Å². The lowest BCUT2D eigenvalue weighted by Crippen LogP contribution is -2.53. The van der Waals surface area contributed by atoms with Crippen molar-refractivity contribution < 1.29 is 4.74 Å². The molecule has 1 saturated heterocycles. The summed E-state index contributed by atoms with van der Waals surface area (Å²) >= 11 is 0. The molecule has 4 N–H and O–H groups in total. The first-order chi connectivity index (χ1) is 5.41. The van der Waals surface area contributed by atoms with Crippen LogP contribution in [0.25, 0.3) is 0 Å². The number of hydrogen-bond acceptors (Lipinski definition) is 3. The molecule has 0 aromatic rings. The fourth-order valence-corrected chi connectivity index (χ4v) is 1.55. The molecule has 3 atom stereocenters. The van der Waals surface area contributed by atoms with Crippen LogP contribution in [0.1, 0.15) is 33.6 Å². The Morgan fingerprint density at radius 1 is 1.33 bits per heavy atom. The van der Waals surface area contributed by atoms with Crippen molar-refractivity contribution in [2.75, 3.05) is 0 Å². The molecule has 1 heterocycles. The number of rotatable bonds is 1. The maximum Gasteiger partial charge on any atom is 0.0754 e. The highest BCUT2D eigenvalue weighted by molar-refractivity contribution is 4.89. The van der Waals surface area contributed by atoms with Crippen molar-refractivity contribution in [3.05, 3.63) is 0 Å². The number of hydrogen-bond donors (Lipinski definition) is 2. The summed E-state index contributed by atoms with van der Waals surface area (Å²) in [4.78, 5) is 0. The molecule has 1 rings (SSSR count). The number of nitrogens with two attached hydrogens (primary N) is 2. The third-order valence-corrected chi connectivity index (χ3v) is 2.57. The Morgan fingerprint density at radius 2 is 1.92 bits per heavy atom. The molecular formula is C9H20N2O. The Bertz CT molecular complexity index is 153. The number of ether oxygens (including phenoxy) is 1. The topological polar surface area (TPSA) is 61.3 Å². The Hall–Kier alpha value is -0.120. The van der Waals surface area contributed by atoms with E-state index in [-0.39, 0.29) is 23.8 Å². The predicted octanol–water partition coefficient (Wildman–Crippen LogP) is 0.619. The van der Waals surface area contributed by atoms with Gasteiger partial charge in [0.2, 0.25) is 0 Å². The second kappa shape index (κ2) is 3.32. The normalized spacial score (nSPS) is 38.2. The molecule has 0 bridgehead atoms. The zero-order valence-electron chi connectivity index (χ0n) is 8.21. The van der Waals surface area contributed by atoms with Gasteiger partial charge in [0, 0.05) is 11.6 Å². The molecule has 72 valence electrons. The van der Waals surface area contributed by atoms with Gasteiger partial charge >= 0.3 is 0 Å². The van der Waals surface area contributed by atoms with E-state index in [1.54, 1.807) is 0 Å².